The van der Waals surface area contributed by atoms with Gasteiger partial charge in [-0.2, -0.15) is 18.3 Å². The summed E-state index contributed by atoms with van der Waals surface area (Å²) < 4.78 is 38.7. The molecule has 1 N–H and O–H groups in total. The zero-order valence-electron chi connectivity index (χ0n) is 12.4. The lowest BCUT2D eigenvalue weighted by Gasteiger charge is -2.05. The summed E-state index contributed by atoms with van der Waals surface area (Å²) >= 11 is 0. The van der Waals surface area contributed by atoms with Crippen LogP contribution in [0.1, 0.15) is 12.2 Å². The summed E-state index contributed by atoms with van der Waals surface area (Å²) in [6.45, 7) is 0. The van der Waals surface area contributed by atoms with E-state index in [0.29, 0.717) is 5.65 Å². The Morgan fingerprint density at radius 1 is 1.21 bits per heavy atom. The summed E-state index contributed by atoms with van der Waals surface area (Å²) in [6.07, 6.45) is 1.56. The number of nitrogens with zero attached hydrogens (tertiary/aromatic N) is 4. The summed E-state index contributed by atoms with van der Waals surface area (Å²) in [7, 11) is 0. The van der Waals surface area contributed by atoms with Gasteiger partial charge in [0.05, 0.1) is 11.9 Å². The standard InChI is InChI=1S/C16H12F3N5/c17-16(18,19)4-1-14-20-9-13-12(8-21-15(13)23-14)10-3-6-24-11(7-10)2-5-22-24/h2-3,5-9H,1,4H2,(H,20,21,23). The third-order valence-electron chi connectivity index (χ3n) is 3.82. The van der Waals surface area contributed by atoms with Gasteiger partial charge in [0.1, 0.15) is 11.5 Å². The Kier molecular flexibility index (Phi) is 3.26. The van der Waals surface area contributed by atoms with E-state index >= 15 is 0 Å². The van der Waals surface area contributed by atoms with Crippen molar-refractivity contribution in [3.8, 4) is 11.1 Å². The average Bonchev–Trinajstić information content (AvgIpc) is 3.17. The van der Waals surface area contributed by atoms with Crippen LogP contribution in [0, 0.1) is 0 Å². The molecule has 0 bridgehead atoms. The van der Waals surface area contributed by atoms with Crippen molar-refractivity contribution in [2.45, 2.75) is 19.0 Å². The van der Waals surface area contributed by atoms with Crippen LogP contribution < -0.4 is 0 Å². The maximum Gasteiger partial charge on any atom is 0.389 e. The van der Waals surface area contributed by atoms with Crippen molar-refractivity contribution in [3.05, 3.63) is 48.8 Å². The van der Waals surface area contributed by atoms with Crippen LogP contribution in [0.25, 0.3) is 27.7 Å². The van der Waals surface area contributed by atoms with Crippen molar-refractivity contribution in [1.82, 2.24) is 24.6 Å². The maximum atomic E-state index is 12.3. The normalized spacial score (nSPS) is 12.3. The molecule has 4 heterocycles. The van der Waals surface area contributed by atoms with Crippen molar-refractivity contribution in [2.24, 2.45) is 0 Å². The monoisotopic (exact) mass is 331 g/mol. The van der Waals surface area contributed by atoms with Crippen LogP contribution in [-0.4, -0.2) is 30.7 Å². The zero-order chi connectivity index (χ0) is 16.7. The fourth-order valence-electron chi connectivity index (χ4n) is 2.65. The number of hydrogen-bond acceptors (Lipinski definition) is 3. The molecule has 0 saturated heterocycles. The Bertz CT molecular complexity index is 1020. The van der Waals surface area contributed by atoms with E-state index in [9.17, 15) is 13.2 Å². The molecule has 0 atom stereocenters. The van der Waals surface area contributed by atoms with Crippen molar-refractivity contribution in [2.75, 3.05) is 0 Å². The molecule has 0 aliphatic heterocycles. The van der Waals surface area contributed by atoms with Gasteiger partial charge in [0.15, 0.2) is 0 Å². The number of aryl methyl sites for hydroxylation is 1. The average molecular weight is 331 g/mol. The second kappa shape index (κ2) is 5.33. The fourth-order valence-corrected chi connectivity index (χ4v) is 2.65. The first kappa shape index (κ1) is 14.7. The number of halogens is 3. The lowest BCUT2D eigenvalue weighted by molar-refractivity contribution is -0.134. The predicted molar refractivity (Wildman–Crippen MR) is 82.5 cm³/mol. The smallest absolute Gasteiger partial charge is 0.345 e. The van der Waals surface area contributed by atoms with Crippen LogP contribution in [0.2, 0.25) is 0 Å². The van der Waals surface area contributed by atoms with Crippen molar-refractivity contribution in [3.63, 3.8) is 0 Å². The van der Waals surface area contributed by atoms with Gasteiger partial charge >= 0.3 is 6.18 Å². The summed E-state index contributed by atoms with van der Waals surface area (Å²) in [6, 6.07) is 5.79. The topological polar surface area (TPSA) is 58.9 Å². The number of aromatic nitrogens is 5. The Balaban J connectivity index is 1.69. The zero-order valence-corrected chi connectivity index (χ0v) is 12.4. The molecule has 8 heteroatoms. The summed E-state index contributed by atoms with van der Waals surface area (Å²) in [5.41, 5.74) is 3.34. The lowest BCUT2D eigenvalue weighted by Crippen LogP contribution is -2.10. The van der Waals surface area contributed by atoms with E-state index in [1.807, 2.05) is 24.4 Å². The Hall–Kier alpha value is -2.90. The molecule has 4 aromatic heterocycles. The number of nitrogens with one attached hydrogen (secondary N) is 1. The SMILES string of the molecule is FC(F)(F)CCc1ncc2c(-c3ccn4nccc4c3)c[nH]c2n1. The van der Waals surface area contributed by atoms with Crippen LogP contribution in [-0.2, 0) is 6.42 Å². The van der Waals surface area contributed by atoms with E-state index in [1.165, 1.54) is 0 Å². The van der Waals surface area contributed by atoms with E-state index in [4.69, 9.17) is 0 Å². The van der Waals surface area contributed by atoms with E-state index in [-0.39, 0.29) is 12.2 Å². The van der Waals surface area contributed by atoms with Gasteiger partial charge < -0.3 is 4.98 Å². The van der Waals surface area contributed by atoms with Gasteiger partial charge in [0.25, 0.3) is 0 Å². The number of hydrogen-bond donors (Lipinski definition) is 1. The fraction of sp³-hybridized carbons (Fsp3) is 0.188. The molecule has 4 rings (SSSR count). The van der Waals surface area contributed by atoms with Crippen LogP contribution in [0.4, 0.5) is 13.2 Å². The van der Waals surface area contributed by atoms with Crippen molar-refractivity contribution < 1.29 is 13.2 Å². The van der Waals surface area contributed by atoms with E-state index in [2.05, 4.69) is 20.1 Å². The van der Waals surface area contributed by atoms with Gasteiger partial charge in [-0.05, 0) is 23.8 Å². The number of fused-ring (bicyclic) bond motifs is 2. The molecule has 0 saturated carbocycles. The third kappa shape index (κ3) is 2.70. The minimum absolute atomic E-state index is 0.180. The molecule has 0 aliphatic rings. The Morgan fingerprint density at radius 3 is 2.92 bits per heavy atom. The van der Waals surface area contributed by atoms with Crippen LogP contribution >= 0.6 is 0 Å². The van der Waals surface area contributed by atoms with Crippen LogP contribution in [0.3, 0.4) is 0 Å². The van der Waals surface area contributed by atoms with Gasteiger partial charge in [0, 0.05) is 42.2 Å². The van der Waals surface area contributed by atoms with Crippen molar-refractivity contribution >= 4 is 16.6 Å². The molecule has 0 radical (unpaired) electrons. The lowest BCUT2D eigenvalue weighted by atomic mass is 10.1. The molecular formula is C16H12F3N5. The van der Waals surface area contributed by atoms with Crippen LogP contribution in [0.5, 0.6) is 0 Å². The van der Waals surface area contributed by atoms with Gasteiger partial charge in [-0.3, -0.25) is 0 Å². The van der Waals surface area contributed by atoms with Gasteiger partial charge in [-0.15, -0.1) is 0 Å². The van der Waals surface area contributed by atoms with E-state index in [1.54, 1.807) is 23.1 Å². The number of aromatic amines is 1. The highest BCUT2D eigenvalue weighted by molar-refractivity contribution is 5.93. The molecule has 0 aliphatic carbocycles. The molecule has 0 fully saturated rings. The molecule has 0 spiro atoms. The third-order valence-corrected chi connectivity index (χ3v) is 3.82. The molecule has 24 heavy (non-hydrogen) atoms. The molecule has 0 unspecified atom stereocenters. The highest BCUT2D eigenvalue weighted by Crippen LogP contribution is 2.28. The molecular weight excluding hydrogens is 319 g/mol. The molecule has 4 aromatic rings. The second-order valence-corrected chi connectivity index (χ2v) is 5.48. The van der Waals surface area contributed by atoms with E-state index in [0.717, 1.165) is 22.0 Å². The summed E-state index contributed by atoms with van der Waals surface area (Å²) in [4.78, 5) is 11.3. The molecule has 0 aromatic carbocycles. The molecule has 0 amide bonds. The highest BCUT2D eigenvalue weighted by atomic mass is 19.4. The number of rotatable bonds is 3. The minimum Gasteiger partial charge on any atom is -0.345 e. The number of H-pyrrole nitrogens is 1. The van der Waals surface area contributed by atoms with E-state index < -0.39 is 12.6 Å². The first-order chi connectivity index (χ1) is 11.5. The Morgan fingerprint density at radius 2 is 2.08 bits per heavy atom. The minimum atomic E-state index is -4.21. The second-order valence-electron chi connectivity index (χ2n) is 5.48. The van der Waals surface area contributed by atoms with Crippen molar-refractivity contribution in [1.29, 1.82) is 0 Å². The molecule has 122 valence electrons. The largest absolute Gasteiger partial charge is 0.389 e. The first-order valence-corrected chi connectivity index (χ1v) is 7.33. The predicted octanol–water partition coefficient (Wildman–Crippen LogP) is 3.77. The number of alkyl halides is 3. The molecule has 5 nitrogen and oxygen atoms in total. The van der Waals surface area contributed by atoms with Gasteiger partial charge in [-0.1, -0.05) is 0 Å². The first-order valence-electron chi connectivity index (χ1n) is 7.33. The number of pyridine rings is 1. The van der Waals surface area contributed by atoms with Crippen LogP contribution in [0.15, 0.2) is 43.0 Å². The van der Waals surface area contributed by atoms with Gasteiger partial charge in [-0.25, -0.2) is 14.5 Å². The quantitative estimate of drug-likeness (QED) is 0.622. The maximum absolute atomic E-state index is 12.3. The summed E-state index contributed by atoms with van der Waals surface area (Å²) in [5.74, 6) is 0.180. The highest BCUT2D eigenvalue weighted by Gasteiger charge is 2.27. The Labute approximate surface area is 134 Å². The summed E-state index contributed by atoms with van der Waals surface area (Å²) in [5, 5.41) is 4.92. The van der Waals surface area contributed by atoms with Gasteiger partial charge in [0.2, 0.25) is 0 Å².